The number of thioether (sulfide) groups is 1. The van der Waals surface area contributed by atoms with E-state index in [-0.39, 0.29) is 12.5 Å². The smallest absolute Gasteiger partial charge is 0.256 e. The van der Waals surface area contributed by atoms with E-state index >= 15 is 0 Å². The molecule has 1 N–H and O–H groups in total. The largest absolute Gasteiger partial charge is 0.479 e. The molecule has 136 valence electrons. The van der Waals surface area contributed by atoms with Crippen LogP contribution in [0.15, 0.2) is 64.0 Å². The summed E-state index contributed by atoms with van der Waals surface area (Å²) in [5, 5.41) is 15.3. The number of hydrogen-bond donors (Lipinski definition) is 1. The van der Waals surface area contributed by atoms with E-state index in [2.05, 4.69) is 10.5 Å². The molecular weight excluding hydrogens is 362 g/mol. The van der Waals surface area contributed by atoms with Crippen LogP contribution in [0.2, 0.25) is 0 Å². The minimum absolute atomic E-state index is 0.0437. The van der Waals surface area contributed by atoms with Gasteiger partial charge in [-0.2, -0.15) is 5.26 Å². The van der Waals surface area contributed by atoms with Crippen molar-refractivity contribution in [1.29, 1.82) is 5.26 Å². The molecule has 0 spiro atoms. The number of amides is 1. The summed E-state index contributed by atoms with van der Waals surface area (Å²) in [6.07, 6.45) is 0. The molecule has 0 unspecified atom stereocenters. The van der Waals surface area contributed by atoms with Crippen molar-refractivity contribution in [3.05, 3.63) is 71.6 Å². The number of nitrogens with one attached hydrogen (secondary N) is 1. The zero-order valence-electron chi connectivity index (χ0n) is 14.6. The van der Waals surface area contributed by atoms with Gasteiger partial charge in [-0.15, -0.1) is 11.8 Å². The van der Waals surface area contributed by atoms with Crippen LogP contribution in [0, 0.1) is 18.3 Å². The lowest BCUT2D eigenvalue weighted by Crippen LogP contribution is -2.13. The molecule has 0 aliphatic rings. The van der Waals surface area contributed by atoms with Crippen LogP contribution in [0.3, 0.4) is 0 Å². The Morgan fingerprint density at radius 2 is 2.11 bits per heavy atom. The van der Waals surface area contributed by atoms with E-state index in [1.54, 1.807) is 30.3 Å². The molecule has 0 aliphatic heterocycles. The molecule has 3 aromatic rings. The Bertz CT molecular complexity index is 978. The molecule has 0 saturated heterocycles. The van der Waals surface area contributed by atoms with Gasteiger partial charge in [0.05, 0.1) is 17.0 Å². The number of carbonyl (C=O) groups excluding carboxylic acids is 1. The average molecular weight is 379 g/mol. The lowest BCUT2D eigenvalue weighted by atomic mass is 10.2. The number of nitrogens with zero attached hydrogens (tertiary/aromatic N) is 2. The van der Waals surface area contributed by atoms with E-state index in [4.69, 9.17) is 14.5 Å². The predicted octanol–water partition coefficient (Wildman–Crippen LogP) is 4.43. The van der Waals surface area contributed by atoms with E-state index in [0.29, 0.717) is 22.8 Å². The van der Waals surface area contributed by atoms with E-state index in [1.165, 1.54) is 11.8 Å². The van der Waals surface area contributed by atoms with E-state index in [9.17, 15) is 4.79 Å². The molecule has 0 radical (unpaired) electrons. The monoisotopic (exact) mass is 379 g/mol. The third-order valence-corrected chi connectivity index (χ3v) is 4.67. The molecule has 1 aromatic heterocycles. The Morgan fingerprint density at radius 3 is 2.89 bits per heavy atom. The van der Waals surface area contributed by atoms with E-state index in [1.807, 2.05) is 37.3 Å². The first-order valence-electron chi connectivity index (χ1n) is 8.21. The van der Waals surface area contributed by atoms with Crippen molar-refractivity contribution in [3.63, 3.8) is 0 Å². The molecule has 3 rings (SSSR count). The van der Waals surface area contributed by atoms with Gasteiger partial charge < -0.3 is 14.6 Å². The maximum absolute atomic E-state index is 12.7. The van der Waals surface area contributed by atoms with Gasteiger partial charge in [0.1, 0.15) is 17.6 Å². The molecule has 0 bridgehead atoms. The first-order valence-corrected chi connectivity index (χ1v) is 9.19. The van der Waals surface area contributed by atoms with Gasteiger partial charge in [0.25, 0.3) is 5.91 Å². The van der Waals surface area contributed by atoms with Crippen LogP contribution < -0.4 is 10.1 Å². The number of hydrogen-bond acceptors (Lipinski definition) is 6. The quantitative estimate of drug-likeness (QED) is 0.611. The van der Waals surface area contributed by atoms with Crippen LogP contribution in [-0.2, 0) is 5.75 Å². The number of anilines is 1. The Kier molecular flexibility index (Phi) is 6.13. The van der Waals surface area contributed by atoms with Crippen molar-refractivity contribution in [2.45, 2.75) is 17.6 Å². The van der Waals surface area contributed by atoms with Crippen LogP contribution in [0.4, 0.5) is 5.69 Å². The van der Waals surface area contributed by atoms with Gasteiger partial charge in [-0.05, 0) is 31.2 Å². The van der Waals surface area contributed by atoms with Crippen molar-refractivity contribution in [1.82, 2.24) is 5.16 Å². The summed E-state index contributed by atoms with van der Waals surface area (Å²) in [4.78, 5) is 13.6. The highest BCUT2D eigenvalue weighted by Gasteiger charge is 2.13. The highest BCUT2D eigenvalue weighted by atomic mass is 32.2. The standard InChI is InChI=1S/C20H17N3O3S/c1-14-11-17(26-23-14)13-27-19-8-3-2-7-18(19)20(24)22-15-5-4-6-16(12-15)25-10-9-21/h2-8,11-12H,10,13H2,1H3,(H,22,24). The van der Waals surface area contributed by atoms with Crippen molar-refractivity contribution in [2.75, 3.05) is 11.9 Å². The lowest BCUT2D eigenvalue weighted by Gasteiger charge is -2.10. The molecule has 1 amide bonds. The van der Waals surface area contributed by atoms with Gasteiger partial charge in [0, 0.05) is 22.7 Å². The number of carbonyl (C=O) groups is 1. The second kappa shape index (κ2) is 8.92. The van der Waals surface area contributed by atoms with Crippen LogP contribution in [0.1, 0.15) is 21.8 Å². The Labute approximate surface area is 161 Å². The molecule has 2 aromatic carbocycles. The summed E-state index contributed by atoms with van der Waals surface area (Å²) in [7, 11) is 0. The number of rotatable bonds is 7. The second-order valence-corrected chi connectivity index (χ2v) is 6.67. The fourth-order valence-electron chi connectivity index (χ4n) is 2.39. The highest BCUT2D eigenvalue weighted by Crippen LogP contribution is 2.27. The normalized spacial score (nSPS) is 10.2. The zero-order valence-corrected chi connectivity index (χ0v) is 15.5. The number of aromatic nitrogens is 1. The summed E-state index contributed by atoms with van der Waals surface area (Å²) in [5.41, 5.74) is 2.00. The molecule has 27 heavy (non-hydrogen) atoms. The average Bonchev–Trinajstić information content (AvgIpc) is 3.10. The number of aryl methyl sites for hydroxylation is 1. The summed E-state index contributed by atoms with van der Waals surface area (Å²) in [6.45, 7) is 1.82. The molecule has 0 aliphatic carbocycles. The van der Waals surface area contributed by atoms with Crippen LogP contribution in [0.25, 0.3) is 0 Å². The highest BCUT2D eigenvalue weighted by molar-refractivity contribution is 7.98. The summed E-state index contributed by atoms with van der Waals surface area (Å²) in [6, 6.07) is 18.1. The third kappa shape index (κ3) is 5.12. The number of ether oxygens (including phenoxy) is 1. The van der Waals surface area contributed by atoms with Crippen LogP contribution >= 0.6 is 11.8 Å². The van der Waals surface area contributed by atoms with Gasteiger partial charge in [0.15, 0.2) is 6.61 Å². The minimum Gasteiger partial charge on any atom is -0.479 e. The Morgan fingerprint density at radius 1 is 1.26 bits per heavy atom. The van der Waals surface area contributed by atoms with Crippen molar-refractivity contribution in [2.24, 2.45) is 0 Å². The minimum atomic E-state index is -0.218. The first kappa shape index (κ1) is 18.5. The molecule has 1 heterocycles. The summed E-state index contributed by atoms with van der Waals surface area (Å²) < 4.78 is 10.5. The van der Waals surface area contributed by atoms with Gasteiger partial charge in [-0.25, -0.2) is 0 Å². The maximum atomic E-state index is 12.7. The topological polar surface area (TPSA) is 88.1 Å². The zero-order chi connectivity index (χ0) is 19.1. The molecule has 6 nitrogen and oxygen atoms in total. The molecule has 0 atom stereocenters. The SMILES string of the molecule is Cc1cc(CSc2ccccc2C(=O)Nc2cccc(OCC#N)c2)on1. The lowest BCUT2D eigenvalue weighted by molar-refractivity contribution is 0.102. The third-order valence-electron chi connectivity index (χ3n) is 3.57. The van der Waals surface area contributed by atoms with Gasteiger partial charge in [-0.3, -0.25) is 4.79 Å². The fraction of sp³-hybridized carbons (Fsp3) is 0.150. The van der Waals surface area contributed by atoms with E-state index in [0.717, 1.165) is 16.3 Å². The van der Waals surface area contributed by atoms with Crippen molar-refractivity contribution < 1.29 is 14.1 Å². The number of nitriles is 1. The number of benzene rings is 2. The van der Waals surface area contributed by atoms with Crippen LogP contribution in [0.5, 0.6) is 5.75 Å². The Hall–Kier alpha value is -3.24. The molecule has 7 heteroatoms. The Balaban J connectivity index is 1.70. The summed E-state index contributed by atoms with van der Waals surface area (Å²) in [5.74, 6) is 1.65. The van der Waals surface area contributed by atoms with Crippen molar-refractivity contribution >= 4 is 23.4 Å². The fourth-order valence-corrected chi connectivity index (χ4v) is 3.32. The van der Waals surface area contributed by atoms with Gasteiger partial charge >= 0.3 is 0 Å². The maximum Gasteiger partial charge on any atom is 0.256 e. The predicted molar refractivity (Wildman–Crippen MR) is 103 cm³/mol. The van der Waals surface area contributed by atoms with Crippen molar-refractivity contribution in [3.8, 4) is 11.8 Å². The van der Waals surface area contributed by atoms with E-state index < -0.39 is 0 Å². The molecule has 0 saturated carbocycles. The summed E-state index contributed by atoms with van der Waals surface area (Å²) >= 11 is 1.51. The van der Waals surface area contributed by atoms with Crippen LogP contribution in [-0.4, -0.2) is 17.7 Å². The van der Waals surface area contributed by atoms with Gasteiger partial charge in [0.2, 0.25) is 0 Å². The molecule has 0 fully saturated rings. The molecular formula is C20H17N3O3S. The van der Waals surface area contributed by atoms with Gasteiger partial charge in [-0.1, -0.05) is 23.4 Å². The second-order valence-electron chi connectivity index (χ2n) is 5.65. The first-order chi connectivity index (χ1) is 13.2.